The lowest BCUT2D eigenvalue weighted by molar-refractivity contribution is 1.11. The molecule has 0 aliphatic carbocycles. The standard InChI is InChI=1S/C15H10N2/c1-2-4-14-13(3-1)11-17-15(14)6-5-12-7-9-16-10-8-12/h1-4,7-10H,11H2. The third-order valence-electron chi connectivity index (χ3n) is 2.69. The Labute approximate surface area is 100 Å². The van der Waals surface area contributed by atoms with Crippen LogP contribution in [0.4, 0.5) is 0 Å². The van der Waals surface area contributed by atoms with Crippen molar-refractivity contribution in [3.05, 3.63) is 65.5 Å². The van der Waals surface area contributed by atoms with Crippen molar-refractivity contribution in [2.45, 2.75) is 6.54 Å². The van der Waals surface area contributed by atoms with Crippen molar-refractivity contribution in [3.63, 3.8) is 0 Å². The normalized spacial score (nSPS) is 12.4. The maximum atomic E-state index is 4.45. The second kappa shape index (κ2) is 4.23. The molecule has 2 aromatic rings. The van der Waals surface area contributed by atoms with Gasteiger partial charge in [-0.2, -0.15) is 0 Å². The first-order valence-electron chi connectivity index (χ1n) is 5.48. The first-order chi connectivity index (χ1) is 8.43. The summed E-state index contributed by atoms with van der Waals surface area (Å²) < 4.78 is 0. The minimum absolute atomic E-state index is 0.747. The summed E-state index contributed by atoms with van der Waals surface area (Å²) in [6.07, 6.45) is 3.49. The van der Waals surface area contributed by atoms with Gasteiger partial charge >= 0.3 is 0 Å². The highest BCUT2D eigenvalue weighted by Crippen LogP contribution is 2.17. The highest BCUT2D eigenvalue weighted by atomic mass is 14.8. The van der Waals surface area contributed by atoms with Gasteiger partial charge in [0.25, 0.3) is 0 Å². The third-order valence-corrected chi connectivity index (χ3v) is 2.69. The summed E-state index contributed by atoms with van der Waals surface area (Å²) in [5.74, 6) is 6.23. The Bertz CT molecular complexity index is 631. The van der Waals surface area contributed by atoms with Crippen LogP contribution in [0, 0.1) is 11.8 Å². The number of aliphatic imine (C=N–C) groups is 1. The van der Waals surface area contributed by atoms with E-state index in [1.54, 1.807) is 12.4 Å². The predicted octanol–water partition coefficient (Wildman–Crippen LogP) is 2.44. The topological polar surface area (TPSA) is 25.2 Å². The van der Waals surface area contributed by atoms with E-state index in [-0.39, 0.29) is 0 Å². The van der Waals surface area contributed by atoms with Crippen LogP contribution in [0.1, 0.15) is 16.7 Å². The van der Waals surface area contributed by atoms with Gasteiger partial charge in [0.2, 0.25) is 0 Å². The average Bonchev–Trinajstić information content (AvgIpc) is 2.81. The molecule has 0 N–H and O–H groups in total. The van der Waals surface area contributed by atoms with Crippen LogP contribution in [0.5, 0.6) is 0 Å². The van der Waals surface area contributed by atoms with Crippen molar-refractivity contribution in [1.82, 2.24) is 4.98 Å². The van der Waals surface area contributed by atoms with Crippen LogP contribution in [0.2, 0.25) is 0 Å². The third kappa shape index (κ3) is 1.95. The fourth-order valence-electron chi connectivity index (χ4n) is 1.81. The van der Waals surface area contributed by atoms with Gasteiger partial charge in [0.1, 0.15) is 5.71 Å². The SMILES string of the molecule is C(#Cc1ccncc1)C1=NCc2ccccc21. The van der Waals surface area contributed by atoms with Crippen molar-refractivity contribution in [2.24, 2.45) is 4.99 Å². The first-order valence-corrected chi connectivity index (χ1v) is 5.48. The van der Waals surface area contributed by atoms with E-state index in [0.717, 1.165) is 23.4 Å². The fourth-order valence-corrected chi connectivity index (χ4v) is 1.81. The van der Waals surface area contributed by atoms with Crippen LogP contribution in [0.15, 0.2) is 53.8 Å². The summed E-state index contributed by atoms with van der Waals surface area (Å²) in [4.78, 5) is 8.41. The molecule has 1 aromatic heterocycles. The van der Waals surface area contributed by atoms with E-state index in [2.05, 4.69) is 33.9 Å². The Hall–Kier alpha value is -2.40. The molecular weight excluding hydrogens is 208 g/mol. The van der Waals surface area contributed by atoms with Crippen LogP contribution in [-0.4, -0.2) is 10.7 Å². The maximum Gasteiger partial charge on any atom is 0.115 e. The zero-order valence-corrected chi connectivity index (χ0v) is 9.22. The minimum Gasteiger partial charge on any atom is -0.271 e. The molecule has 0 unspecified atom stereocenters. The number of fused-ring (bicyclic) bond motifs is 1. The summed E-state index contributed by atoms with van der Waals surface area (Å²) in [5, 5.41) is 0. The molecule has 0 atom stereocenters. The first kappa shape index (κ1) is 9.80. The van der Waals surface area contributed by atoms with Crippen LogP contribution < -0.4 is 0 Å². The molecule has 0 radical (unpaired) electrons. The molecule has 80 valence electrons. The quantitative estimate of drug-likeness (QED) is 0.623. The molecule has 1 aliphatic heterocycles. The zero-order chi connectivity index (χ0) is 11.5. The van der Waals surface area contributed by atoms with Gasteiger partial charge in [0.05, 0.1) is 6.54 Å². The van der Waals surface area contributed by atoms with Crippen LogP contribution >= 0.6 is 0 Å². The maximum absolute atomic E-state index is 4.45. The molecule has 0 amide bonds. The lowest BCUT2D eigenvalue weighted by atomic mass is 10.1. The molecular formula is C15H10N2. The second-order valence-corrected chi connectivity index (χ2v) is 3.81. The lowest BCUT2D eigenvalue weighted by Gasteiger charge is -1.95. The number of hydrogen-bond donors (Lipinski definition) is 0. The van der Waals surface area contributed by atoms with Crippen molar-refractivity contribution in [2.75, 3.05) is 0 Å². The number of nitrogens with zero attached hydrogens (tertiary/aromatic N) is 2. The van der Waals surface area contributed by atoms with E-state index in [9.17, 15) is 0 Å². The molecule has 0 saturated heterocycles. The van der Waals surface area contributed by atoms with Crippen LogP contribution in [-0.2, 0) is 6.54 Å². The molecule has 1 aliphatic rings. The van der Waals surface area contributed by atoms with E-state index in [1.807, 2.05) is 24.3 Å². The summed E-state index contributed by atoms with van der Waals surface area (Å²) >= 11 is 0. The number of rotatable bonds is 0. The second-order valence-electron chi connectivity index (χ2n) is 3.81. The van der Waals surface area contributed by atoms with E-state index in [4.69, 9.17) is 0 Å². The van der Waals surface area contributed by atoms with E-state index >= 15 is 0 Å². The predicted molar refractivity (Wildman–Crippen MR) is 67.8 cm³/mol. The Morgan fingerprint density at radius 2 is 1.76 bits per heavy atom. The molecule has 3 rings (SSSR count). The molecule has 0 saturated carbocycles. The fraction of sp³-hybridized carbons (Fsp3) is 0.0667. The van der Waals surface area contributed by atoms with Crippen LogP contribution in [0.3, 0.4) is 0 Å². The molecule has 0 spiro atoms. The molecule has 1 aromatic carbocycles. The van der Waals surface area contributed by atoms with E-state index in [0.29, 0.717) is 0 Å². The molecule has 2 nitrogen and oxygen atoms in total. The summed E-state index contributed by atoms with van der Waals surface area (Å²) in [5.41, 5.74) is 4.27. The smallest absolute Gasteiger partial charge is 0.115 e. The summed E-state index contributed by atoms with van der Waals surface area (Å²) in [6.45, 7) is 0.747. The van der Waals surface area contributed by atoms with Crippen molar-refractivity contribution >= 4 is 5.71 Å². The highest BCUT2D eigenvalue weighted by Gasteiger charge is 2.12. The van der Waals surface area contributed by atoms with Gasteiger partial charge in [-0.25, -0.2) is 0 Å². The van der Waals surface area contributed by atoms with Gasteiger partial charge in [-0.3, -0.25) is 9.98 Å². The number of pyridine rings is 1. The van der Waals surface area contributed by atoms with Gasteiger partial charge in [-0.15, -0.1) is 0 Å². The Balaban J connectivity index is 1.92. The zero-order valence-electron chi connectivity index (χ0n) is 9.22. The molecule has 17 heavy (non-hydrogen) atoms. The monoisotopic (exact) mass is 218 g/mol. The van der Waals surface area contributed by atoms with Gasteiger partial charge in [-0.1, -0.05) is 30.2 Å². The minimum atomic E-state index is 0.747. The Kier molecular flexibility index (Phi) is 2.44. The van der Waals surface area contributed by atoms with Gasteiger partial charge < -0.3 is 0 Å². The van der Waals surface area contributed by atoms with E-state index in [1.165, 1.54) is 5.56 Å². The molecule has 2 heterocycles. The highest BCUT2D eigenvalue weighted by molar-refractivity contribution is 6.15. The summed E-state index contributed by atoms with van der Waals surface area (Å²) in [7, 11) is 0. The van der Waals surface area contributed by atoms with Crippen molar-refractivity contribution < 1.29 is 0 Å². The summed E-state index contributed by atoms with van der Waals surface area (Å²) in [6, 6.07) is 12.0. The lowest BCUT2D eigenvalue weighted by Crippen LogP contribution is -1.93. The average molecular weight is 218 g/mol. The molecule has 0 bridgehead atoms. The molecule has 0 fully saturated rings. The Morgan fingerprint density at radius 1 is 0.941 bits per heavy atom. The number of aromatic nitrogens is 1. The molecule has 2 heteroatoms. The van der Waals surface area contributed by atoms with E-state index < -0.39 is 0 Å². The number of hydrogen-bond acceptors (Lipinski definition) is 2. The van der Waals surface area contributed by atoms with Gasteiger partial charge in [0, 0.05) is 23.5 Å². The Morgan fingerprint density at radius 3 is 2.65 bits per heavy atom. The van der Waals surface area contributed by atoms with Gasteiger partial charge in [-0.05, 0) is 23.6 Å². The van der Waals surface area contributed by atoms with Gasteiger partial charge in [0.15, 0.2) is 0 Å². The van der Waals surface area contributed by atoms with Crippen molar-refractivity contribution in [1.29, 1.82) is 0 Å². The number of benzene rings is 1. The van der Waals surface area contributed by atoms with Crippen molar-refractivity contribution in [3.8, 4) is 11.8 Å². The van der Waals surface area contributed by atoms with Crippen LogP contribution in [0.25, 0.3) is 0 Å². The largest absolute Gasteiger partial charge is 0.271 e.